The molecule has 0 aromatic rings. The highest BCUT2D eigenvalue weighted by Gasteiger charge is 2.23. The minimum absolute atomic E-state index is 0.472. The van der Waals surface area contributed by atoms with Crippen molar-refractivity contribution >= 4 is 11.8 Å². The van der Waals surface area contributed by atoms with Gasteiger partial charge in [-0.15, -0.1) is 0 Å². The molecule has 0 aliphatic carbocycles. The van der Waals surface area contributed by atoms with Gasteiger partial charge >= 0.3 is 0 Å². The second-order valence-electron chi connectivity index (χ2n) is 5.75. The van der Waals surface area contributed by atoms with Crippen molar-refractivity contribution in [3.63, 3.8) is 0 Å². The van der Waals surface area contributed by atoms with Gasteiger partial charge in [-0.3, -0.25) is 0 Å². The molecular formula is C17H37NS. The fourth-order valence-electron chi connectivity index (χ4n) is 2.56. The summed E-state index contributed by atoms with van der Waals surface area (Å²) in [6.45, 7) is 9.30. The second kappa shape index (κ2) is 13.3. The van der Waals surface area contributed by atoms with Crippen LogP contribution in [-0.2, 0) is 0 Å². The molecule has 0 aliphatic rings. The molecule has 0 unspecified atom stereocenters. The van der Waals surface area contributed by atoms with Crippen LogP contribution >= 0.6 is 11.8 Å². The van der Waals surface area contributed by atoms with E-state index in [0.29, 0.717) is 4.75 Å². The van der Waals surface area contributed by atoms with Crippen LogP contribution in [0.1, 0.15) is 85.0 Å². The molecule has 0 atom stereocenters. The monoisotopic (exact) mass is 287 g/mol. The summed E-state index contributed by atoms with van der Waals surface area (Å²) in [7, 11) is 0. The molecule has 0 heterocycles. The molecule has 1 nitrogen and oxygen atoms in total. The third-order valence-corrected chi connectivity index (χ3v) is 5.96. The maximum absolute atomic E-state index is 3.67. The van der Waals surface area contributed by atoms with Crippen LogP contribution in [0.2, 0.25) is 0 Å². The van der Waals surface area contributed by atoms with Crippen LogP contribution < -0.4 is 5.32 Å². The second-order valence-corrected chi connectivity index (χ2v) is 7.02. The first-order valence-corrected chi connectivity index (χ1v) is 9.73. The molecule has 19 heavy (non-hydrogen) atoms. The number of thioether (sulfide) groups is 1. The van der Waals surface area contributed by atoms with E-state index in [4.69, 9.17) is 0 Å². The predicted octanol–water partition coefficient (Wildman–Crippen LogP) is 5.64. The lowest BCUT2D eigenvalue weighted by Gasteiger charge is -2.30. The quantitative estimate of drug-likeness (QED) is 0.415. The van der Waals surface area contributed by atoms with Gasteiger partial charge in [0.15, 0.2) is 0 Å². The zero-order chi connectivity index (χ0) is 14.4. The summed E-state index contributed by atoms with van der Waals surface area (Å²) < 4.78 is 0.472. The Labute approximate surface area is 126 Å². The van der Waals surface area contributed by atoms with Gasteiger partial charge in [0.1, 0.15) is 0 Å². The van der Waals surface area contributed by atoms with Gasteiger partial charge in [0.05, 0.1) is 0 Å². The van der Waals surface area contributed by atoms with Crippen LogP contribution in [0, 0.1) is 0 Å². The predicted molar refractivity (Wildman–Crippen MR) is 92.3 cm³/mol. The number of hydrogen-bond acceptors (Lipinski definition) is 2. The van der Waals surface area contributed by atoms with Crippen LogP contribution in [0.5, 0.6) is 0 Å². The van der Waals surface area contributed by atoms with Crippen molar-refractivity contribution in [1.29, 1.82) is 0 Å². The maximum atomic E-state index is 3.67. The molecule has 0 saturated carbocycles. The first-order chi connectivity index (χ1) is 9.24. The number of hydrogen-bond donors (Lipinski definition) is 1. The molecule has 116 valence electrons. The van der Waals surface area contributed by atoms with Gasteiger partial charge in [0.25, 0.3) is 0 Å². The van der Waals surface area contributed by atoms with E-state index in [-0.39, 0.29) is 0 Å². The standard InChI is InChI=1S/C17H37NS/c1-5-8-9-10-11-12-13-14-15-18-16-17(6-2,7-3)19-4/h18H,5-16H2,1-4H3. The van der Waals surface area contributed by atoms with Crippen molar-refractivity contribution < 1.29 is 0 Å². The van der Waals surface area contributed by atoms with Gasteiger partial charge in [0.2, 0.25) is 0 Å². The zero-order valence-corrected chi connectivity index (χ0v) is 14.7. The fourth-order valence-corrected chi connectivity index (χ4v) is 3.38. The number of nitrogens with one attached hydrogen (secondary N) is 1. The first-order valence-electron chi connectivity index (χ1n) is 8.50. The van der Waals surface area contributed by atoms with E-state index < -0.39 is 0 Å². The number of rotatable bonds is 14. The molecule has 2 heteroatoms. The van der Waals surface area contributed by atoms with Crippen LogP contribution in [0.15, 0.2) is 0 Å². The summed E-state index contributed by atoms with van der Waals surface area (Å²) in [4.78, 5) is 0. The molecule has 0 radical (unpaired) electrons. The molecular weight excluding hydrogens is 250 g/mol. The van der Waals surface area contributed by atoms with Crippen molar-refractivity contribution in [1.82, 2.24) is 5.32 Å². The van der Waals surface area contributed by atoms with Crippen LogP contribution in [0.3, 0.4) is 0 Å². The largest absolute Gasteiger partial charge is 0.315 e. The molecule has 0 spiro atoms. The number of unbranched alkanes of at least 4 members (excludes halogenated alkanes) is 7. The summed E-state index contributed by atoms with van der Waals surface area (Å²) >= 11 is 2.03. The molecule has 0 aliphatic heterocycles. The van der Waals surface area contributed by atoms with E-state index in [1.807, 2.05) is 11.8 Å². The lowest BCUT2D eigenvalue weighted by molar-refractivity contribution is 0.482. The highest BCUT2D eigenvalue weighted by Crippen LogP contribution is 2.29. The summed E-state index contributed by atoms with van der Waals surface area (Å²) in [6.07, 6.45) is 16.1. The van der Waals surface area contributed by atoms with Crippen molar-refractivity contribution in [2.45, 2.75) is 89.7 Å². The van der Waals surface area contributed by atoms with Gasteiger partial charge in [-0.1, -0.05) is 65.7 Å². The Morgan fingerprint density at radius 3 is 1.79 bits per heavy atom. The van der Waals surface area contributed by atoms with Gasteiger partial charge in [-0.2, -0.15) is 11.8 Å². The fraction of sp³-hybridized carbons (Fsp3) is 1.00. The van der Waals surface area contributed by atoms with Crippen molar-refractivity contribution in [2.24, 2.45) is 0 Å². The Balaban J connectivity index is 3.35. The van der Waals surface area contributed by atoms with Crippen molar-refractivity contribution in [3.8, 4) is 0 Å². The molecule has 0 aromatic heterocycles. The van der Waals surface area contributed by atoms with E-state index in [0.717, 1.165) is 0 Å². The molecule has 0 rings (SSSR count). The zero-order valence-electron chi connectivity index (χ0n) is 13.9. The third-order valence-electron chi connectivity index (χ3n) is 4.38. The van der Waals surface area contributed by atoms with E-state index in [1.54, 1.807) is 0 Å². The molecule has 0 saturated heterocycles. The minimum atomic E-state index is 0.472. The molecule has 0 amide bonds. The lowest BCUT2D eigenvalue weighted by atomic mass is 10.0. The molecule has 1 N–H and O–H groups in total. The molecule has 0 aromatic carbocycles. The molecule has 0 bridgehead atoms. The first kappa shape index (κ1) is 19.3. The third kappa shape index (κ3) is 9.79. The van der Waals surface area contributed by atoms with E-state index >= 15 is 0 Å². The van der Waals surface area contributed by atoms with Gasteiger partial charge in [-0.05, 0) is 32.1 Å². The topological polar surface area (TPSA) is 12.0 Å². The summed E-state index contributed by atoms with van der Waals surface area (Å²) in [5, 5.41) is 3.67. The Hall–Kier alpha value is 0.310. The molecule has 0 fully saturated rings. The lowest BCUT2D eigenvalue weighted by Crippen LogP contribution is -2.37. The summed E-state index contributed by atoms with van der Waals surface area (Å²) in [6, 6.07) is 0. The van der Waals surface area contributed by atoms with Gasteiger partial charge < -0.3 is 5.32 Å². The smallest absolute Gasteiger partial charge is 0.0276 e. The van der Waals surface area contributed by atoms with Crippen molar-refractivity contribution in [3.05, 3.63) is 0 Å². The van der Waals surface area contributed by atoms with Crippen LogP contribution in [-0.4, -0.2) is 24.1 Å². The van der Waals surface area contributed by atoms with E-state index in [9.17, 15) is 0 Å². The highest BCUT2D eigenvalue weighted by atomic mass is 32.2. The Morgan fingerprint density at radius 2 is 1.32 bits per heavy atom. The van der Waals surface area contributed by atoms with E-state index in [2.05, 4.69) is 32.3 Å². The average molecular weight is 288 g/mol. The normalized spacial score (nSPS) is 12.0. The van der Waals surface area contributed by atoms with Gasteiger partial charge in [-0.25, -0.2) is 0 Å². The Kier molecular flexibility index (Phi) is 13.5. The highest BCUT2D eigenvalue weighted by molar-refractivity contribution is 8.00. The Morgan fingerprint density at radius 1 is 0.789 bits per heavy atom. The summed E-state index contributed by atoms with van der Waals surface area (Å²) in [5.41, 5.74) is 0. The Bertz CT molecular complexity index is 170. The van der Waals surface area contributed by atoms with Crippen molar-refractivity contribution in [2.75, 3.05) is 19.3 Å². The average Bonchev–Trinajstić information content (AvgIpc) is 2.46. The van der Waals surface area contributed by atoms with Crippen LogP contribution in [0.4, 0.5) is 0 Å². The van der Waals surface area contributed by atoms with Gasteiger partial charge in [0, 0.05) is 11.3 Å². The summed E-state index contributed by atoms with van der Waals surface area (Å²) in [5.74, 6) is 0. The SMILES string of the molecule is CCCCCCCCCCNCC(CC)(CC)SC. The maximum Gasteiger partial charge on any atom is 0.0276 e. The van der Waals surface area contributed by atoms with E-state index in [1.165, 1.54) is 77.3 Å². The minimum Gasteiger partial charge on any atom is -0.315 e. The van der Waals surface area contributed by atoms with Crippen LogP contribution in [0.25, 0.3) is 0 Å².